The summed E-state index contributed by atoms with van der Waals surface area (Å²) < 4.78 is 50.2. The van der Waals surface area contributed by atoms with Crippen molar-refractivity contribution in [2.75, 3.05) is 7.11 Å². The SMILES string of the molecule is COc1ccc(/C=N/n2c(C(F)(F)F)n[nH]c2=S)cc1COc1ccc(Cl)cc1. The minimum atomic E-state index is -4.69. The van der Waals surface area contributed by atoms with Crippen LogP contribution in [0, 0.1) is 4.77 Å². The van der Waals surface area contributed by atoms with Gasteiger partial charge in [-0.2, -0.15) is 22.9 Å². The molecule has 0 fully saturated rings. The Labute approximate surface area is 173 Å². The van der Waals surface area contributed by atoms with E-state index in [0.717, 1.165) is 0 Å². The first kappa shape index (κ1) is 20.9. The number of rotatable bonds is 6. The lowest BCUT2D eigenvalue weighted by molar-refractivity contribution is -0.147. The molecule has 0 unspecified atom stereocenters. The molecular weight excluding hydrogens is 429 g/mol. The van der Waals surface area contributed by atoms with Crippen LogP contribution in [0.3, 0.4) is 0 Å². The van der Waals surface area contributed by atoms with E-state index in [9.17, 15) is 13.2 Å². The lowest BCUT2D eigenvalue weighted by Crippen LogP contribution is -2.12. The van der Waals surface area contributed by atoms with Crippen LogP contribution in [0.25, 0.3) is 0 Å². The first-order valence-electron chi connectivity index (χ1n) is 8.12. The fourth-order valence-electron chi connectivity index (χ4n) is 2.39. The van der Waals surface area contributed by atoms with Crippen LogP contribution in [0.5, 0.6) is 11.5 Å². The van der Waals surface area contributed by atoms with Crippen LogP contribution >= 0.6 is 23.8 Å². The van der Waals surface area contributed by atoms with Crippen LogP contribution in [0.2, 0.25) is 5.02 Å². The number of aromatic amines is 1. The second-order valence-electron chi connectivity index (χ2n) is 5.72. The summed E-state index contributed by atoms with van der Waals surface area (Å²) in [7, 11) is 1.51. The van der Waals surface area contributed by atoms with Gasteiger partial charge in [-0.05, 0) is 60.2 Å². The fourth-order valence-corrected chi connectivity index (χ4v) is 2.70. The molecular formula is C18H14ClF3N4O2S. The third-order valence-electron chi connectivity index (χ3n) is 3.74. The van der Waals surface area contributed by atoms with Crippen LogP contribution in [0.1, 0.15) is 17.0 Å². The molecule has 0 aliphatic carbocycles. The number of hydrogen-bond acceptors (Lipinski definition) is 5. The highest BCUT2D eigenvalue weighted by Crippen LogP contribution is 2.27. The molecule has 1 N–H and O–H groups in total. The zero-order valence-electron chi connectivity index (χ0n) is 14.9. The lowest BCUT2D eigenvalue weighted by atomic mass is 10.1. The van der Waals surface area contributed by atoms with Gasteiger partial charge in [-0.3, -0.25) is 0 Å². The molecule has 0 saturated carbocycles. The largest absolute Gasteiger partial charge is 0.496 e. The number of aromatic nitrogens is 3. The van der Waals surface area contributed by atoms with Gasteiger partial charge in [0.1, 0.15) is 18.1 Å². The van der Waals surface area contributed by atoms with E-state index in [2.05, 4.69) is 15.3 Å². The van der Waals surface area contributed by atoms with Gasteiger partial charge < -0.3 is 9.47 Å². The van der Waals surface area contributed by atoms with Crippen LogP contribution in [0.15, 0.2) is 47.6 Å². The Morgan fingerprint density at radius 2 is 1.97 bits per heavy atom. The predicted octanol–water partition coefficient (Wildman–Crippen LogP) is 5.08. The molecule has 29 heavy (non-hydrogen) atoms. The zero-order chi connectivity index (χ0) is 21.0. The summed E-state index contributed by atoms with van der Waals surface area (Å²) >= 11 is 10.7. The number of methoxy groups -OCH3 is 1. The maximum Gasteiger partial charge on any atom is 0.453 e. The van der Waals surface area contributed by atoms with Gasteiger partial charge in [0.15, 0.2) is 0 Å². The highest BCUT2D eigenvalue weighted by atomic mass is 35.5. The first-order chi connectivity index (χ1) is 13.8. The molecule has 0 radical (unpaired) electrons. The zero-order valence-corrected chi connectivity index (χ0v) is 16.5. The van der Waals surface area contributed by atoms with Crippen molar-refractivity contribution in [1.29, 1.82) is 0 Å². The Bertz CT molecular complexity index is 1080. The molecule has 2 aromatic carbocycles. The molecule has 0 spiro atoms. The van der Waals surface area contributed by atoms with E-state index in [1.807, 2.05) is 0 Å². The van der Waals surface area contributed by atoms with Gasteiger partial charge in [-0.1, -0.05) is 11.6 Å². The molecule has 6 nitrogen and oxygen atoms in total. The van der Waals surface area contributed by atoms with Crippen LogP contribution in [-0.2, 0) is 12.8 Å². The van der Waals surface area contributed by atoms with Crippen LogP contribution in [0.4, 0.5) is 13.2 Å². The Morgan fingerprint density at radius 1 is 1.24 bits per heavy atom. The van der Waals surface area contributed by atoms with Gasteiger partial charge in [0.05, 0.1) is 13.3 Å². The molecule has 1 heterocycles. The van der Waals surface area contributed by atoms with Crippen molar-refractivity contribution in [3.05, 3.63) is 69.2 Å². The molecule has 0 atom stereocenters. The number of nitrogens with zero attached hydrogens (tertiary/aromatic N) is 3. The summed E-state index contributed by atoms with van der Waals surface area (Å²) in [5, 5.41) is 9.65. The van der Waals surface area contributed by atoms with Crippen molar-refractivity contribution < 1.29 is 22.6 Å². The average Bonchev–Trinajstić information content (AvgIpc) is 3.07. The maximum absolute atomic E-state index is 13.0. The monoisotopic (exact) mass is 442 g/mol. The fraction of sp³-hybridized carbons (Fsp3) is 0.167. The number of hydrogen-bond donors (Lipinski definition) is 1. The number of benzene rings is 2. The van der Waals surface area contributed by atoms with Crippen molar-refractivity contribution in [3.8, 4) is 11.5 Å². The summed E-state index contributed by atoms with van der Waals surface area (Å²) in [5.74, 6) is -0.0689. The quantitative estimate of drug-likeness (QED) is 0.427. The van der Waals surface area contributed by atoms with Gasteiger partial charge in [0, 0.05) is 10.6 Å². The third kappa shape index (κ3) is 5.15. The molecule has 0 aliphatic rings. The van der Waals surface area contributed by atoms with E-state index in [0.29, 0.717) is 32.3 Å². The Morgan fingerprint density at radius 3 is 2.62 bits per heavy atom. The van der Waals surface area contributed by atoms with E-state index < -0.39 is 12.0 Å². The van der Waals surface area contributed by atoms with Crippen molar-refractivity contribution in [2.24, 2.45) is 5.10 Å². The summed E-state index contributed by atoms with van der Waals surface area (Å²) in [5.41, 5.74) is 1.20. The number of nitrogens with one attached hydrogen (secondary N) is 1. The Balaban J connectivity index is 1.83. The van der Waals surface area contributed by atoms with Crippen molar-refractivity contribution in [2.45, 2.75) is 12.8 Å². The Hall–Kier alpha value is -2.85. The number of H-pyrrole nitrogens is 1. The molecule has 3 aromatic rings. The second-order valence-corrected chi connectivity index (χ2v) is 6.54. The normalized spacial score (nSPS) is 11.8. The van der Waals surface area contributed by atoms with E-state index in [1.165, 1.54) is 13.3 Å². The molecule has 0 aliphatic heterocycles. The molecule has 11 heteroatoms. The van der Waals surface area contributed by atoms with Gasteiger partial charge in [-0.25, -0.2) is 5.10 Å². The number of alkyl halides is 3. The van der Waals surface area contributed by atoms with Crippen molar-refractivity contribution in [3.63, 3.8) is 0 Å². The lowest BCUT2D eigenvalue weighted by Gasteiger charge is -2.11. The van der Waals surface area contributed by atoms with Gasteiger partial charge in [0.2, 0.25) is 4.77 Å². The topological polar surface area (TPSA) is 64.4 Å². The number of ether oxygens (including phenoxy) is 2. The molecule has 152 valence electrons. The minimum Gasteiger partial charge on any atom is -0.496 e. The molecule has 0 amide bonds. The molecule has 3 rings (SSSR count). The molecule has 1 aromatic heterocycles. The van der Waals surface area contributed by atoms with Crippen LogP contribution < -0.4 is 9.47 Å². The van der Waals surface area contributed by atoms with Crippen molar-refractivity contribution >= 4 is 30.0 Å². The highest BCUT2D eigenvalue weighted by Gasteiger charge is 2.37. The van der Waals surface area contributed by atoms with E-state index in [4.69, 9.17) is 33.3 Å². The third-order valence-corrected chi connectivity index (χ3v) is 4.25. The van der Waals surface area contributed by atoms with Gasteiger partial charge in [-0.15, -0.1) is 5.10 Å². The summed E-state index contributed by atoms with van der Waals surface area (Å²) in [4.78, 5) is 0. The molecule has 0 bridgehead atoms. The van der Waals surface area contributed by atoms with E-state index >= 15 is 0 Å². The van der Waals surface area contributed by atoms with Gasteiger partial charge in [0.25, 0.3) is 5.82 Å². The summed E-state index contributed by atoms with van der Waals surface area (Å²) in [6.45, 7) is 0.172. The second kappa shape index (κ2) is 8.66. The van der Waals surface area contributed by atoms with Gasteiger partial charge >= 0.3 is 6.18 Å². The first-order valence-corrected chi connectivity index (χ1v) is 8.91. The average molecular weight is 443 g/mol. The standard InChI is InChI=1S/C18H14ClF3N4O2S/c1-27-15-7-2-11(8-12(15)10-28-14-5-3-13(19)4-6-14)9-23-26-16(18(20,21)22)24-25-17(26)29/h2-9H,10H2,1H3,(H,25,29)/b23-9+. The predicted molar refractivity (Wildman–Crippen MR) is 104 cm³/mol. The van der Waals surface area contributed by atoms with Crippen molar-refractivity contribution in [1.82, 2.24) is 14.9 Å². The summed E-state index contributed by atoms with van der Waals surface area (Å²) in [6, 6.07) is 11.8. The van der Waals surface area contributed by atoms with E-state index in [1.54, 1.807) is 42.5 Å². The minimum absolute atomic E-state index is 0.172. The van der Waals surface area contributed by atoms with E-state index in [-0.39, 0.29) is 11.4 Å². The maximum atomic E-state index is 13.0. The summed E-state index contributed by atoms with van der Waals surface area (Å²) in [6.07, 6.45) is -3.45. The number of halogens is 4. The molecule has 0 saturated heterocycles. The Kier molecular flexibility index (Phi) is 6.23. The highest BCUT2D eigenvalue weighted by molar-refractivity contribution is 7.71. The smallest absolute Gasteiger partial charge is 0.453 e. The van der Waals surface area contributed by atoms with Crippen LogP contribution in [-0.4, -0.2) is 28.2 Å².